The van der Waals surface area contributed by atoms with Crippen LogP contribution in [-0.4, -0.2) is 16.2 Å². The lowest BCUT2D eigenvalue weighted by Crippen LogP contribution is -2.02. The molecule has 0 bridgehead atoms. The minimum absolute atomic E-state index is 0.0766. The fraction of sp³-hybridized carbons (Fsp3) is 0. The van der Waals surface area contributed by atoms with Gasteiger partial charge in [-0.3, -0.25) is 0 Å². The molecule has 0 aliphatic heterocycles. The molecule has 0 aliphatic carbocycles. The van der Waals surface area contributed by atoms with Crippen LogP contribution < -0.4 is 5.32 Å². The molecule has 0 radical (unpaired) electrons. The first kappa shape index (κ1) is 11.0. The molecule has 0 saturated heterocycles. The summed E-state index contributed by atoms with van der Waals surface area (Å²) in [5, 5.41) is 21.5. The highest BCUT2D eigenvalue weighted by Gasteiger charge is 2.09. The van der Waals surface area contributed by atoms with Crippen LogP contribution in [0.4, 0.5) is 11.4 Å². The van der Waals surface area contributed by atoms with Gasteiger partial charge >= 0.3 is 5.97 Å². The predicted octanol–water partition coefficient (Wildman–Crippen LogP) is 2.83. The van der Waals surface area contributed by atoms with E-state index in [-0.39, 0.29) is 11.3 Å². The number of phenols is 1. The standard InChI is InChI=1S/C13H11NO3/c15-12-8-4-3-7-11(12)14-10-6-2-1-5-9(10)13(16)17/h1-8,14-15H,(H,16,17). The molecule has 0 aliphatic rings. The van der Waals surface area contributed by atoms with Gasteiger partial charge in [-0.05, 0) is 24.3 Å². The molecule has 2 aromatic rings. The Morgan fingerprint density at radius 2 is 1.53 bits per heavy atom. The van der Waals surface area contributed by atoms with Crippen LogP contribution in [0, 0.1) is 0 Å². The van der Waals surface area contributed by atoms with Crippen molar-refractivity contribution in [3.8, 4) is 5.75 Å². The van der Waals surface area contributed by atoms with Crippen molar-refractivity contribution >= 4 is 17.3 Å². The van der Waals surface area contributed by atoms with E-state index in [4.69, 9.17) is 5.11 Å². The number of phenolic OH excluding ortho intramolecular Hbond substituents is 1. The van der Waals surface area contributed by atoms with Gasteiger partial charge in [-0.2, -0.15) is 0 Å². The highest BCUT2D eigenvalue weighted by Crippen LogP contribution is 2.27. The van der Waals surface area contributed by atoms with E-state index in [9.17, 15) is 9.90 Å². The molecule has 4 nitrogen and oxygen atoms in total. The number of carbonyl (C=O) groups is 1. The molecular weight excluding hydrogens is 218 g/mol. The van der Waals surface area contributed by atoms with Gasteiger partial charge in [-0.1, -0.05) is 24.3 Å². The molecule has 2 aromatic carbocycles. The number of carboxylic acid groups (broad SMARTS) is 1. The molecule has 4 heteroatoms. The van der Waals surface area contributed by atoms with E-state index in [1.54, 1.807) is 36.4 Å². The average molecular weight is 229 g/mol. The molecule has 2 rings (SSSR count). The molecule has 0 amide bonds. The van der Waals surface area contributed by atoms with Crippen LogP contribution in [-0.2, 0) is 0 Å². The van der Waals surface area contributed by atoms with E-state index < -0.39 is 5.97 Å². The zero-order valence-electron chi connectivity index (χ0n) is 8.92. The maximum Gasteiger partial charge on any atom is 0.337 e. The third-order valence-corrected chi connectivity index (χ3v) is 2.33. The van der Waals surface area contributed by atoms with E-state index in [1.165, 1.54) is 12.1 Å². The van der Waals surface area contributed by atoms with E-state index in [1.807, 2.05) is 0 Å². The minimum Gasteiger partial charge on any atom is -0.506 e. The monoisotopic (exact) mass is 229 g/mol. The Morgan fingerprint density at radius 3 is 2.18 bits per heavy atom. The fourth-order valence-corrected chi connectivity index (χ4v) is 1.50. The second-order valence-electron chi connectivity index (χ2n) is 3.49. The van der Waals surface area contributed by atoms with Gasteiger partial charge in [0.25, 0.3) is 0 Å². The van der Waals surface area contributed by atoms with Crippen molar-refractivity contribution < 1.29 is 15.0 Å². The minimum atomic E-state index is -1.01. The number of rotatable bonds is 3. The van der Waals surface area contributed by atoms with Gasteiger partial charge in [0, 0.05) is 0 Å². The molecule has 86 valence electrons. The molecule has 0 heterocycles. The zero-order valence-corrected chi connectivity index (χ0v) is 8.92. The third-order valence-electron chi connectivity index (χ3n) is 2.33. The van der Waals surface area contributed by atoms with Crippen LogP contribution in [0.3, 0.4) is 0 Å². The Balaban J connectivity index is 2.37. The Bertz CT molecular complexity index is 552. The molecule has 3 N–H and O–H groups in total. The van der Waals surface area contributed by atoms with Gasteiger partial charge in [0.2, 0.25) is 0 Å². The van der Waals surface area contributed by atoms with Gasteiger partial charge < -0.3 is 15.5 Å². The summed E-state index contributed by atoms with van der Waals surface area (Å²) in [4.78, 5) is 11.0. The van der Waals surface area contributed by atoms with Crippen molar-refractivity contribution in [3.63, 3.8) is 0 Å². The molecule has 0 unspecified atom stereocenters. The average Bonchev–Trinajstić information content (AvgIpc) is 2.32. The maximum atomic E-state index is 11.0. The first-order chi connectivity index (χ1) is 8.18. The van der Waals surface area contributed by atoms with Gasteiger partial charge in [0.15, 0.2) is 0 Å². The molecule has 0 atom stereocenters. The van der Waals surface area contributed by atoms with Crippen LogP contribution in [0.25, 0.3) is 0 Å². The van der Waals surface area contributed by atoms with Crippen LogP contribution in [0.5, 0.6) is 5.75 Å². The number of benzene rings is 2. The molecule has 0 spiro atoms. The lowest BCUT2D eigenvalue weighted by Gasteiger charge is -2.10. The first-order valence-electron chi connectivity index (χ1n) is 5.06. The normalized spacial score (nSPS) is 9.88. The lowest BCUT2D eigenvalue weighted by molar-refractivity contribution is 0.0698. The Morgan fingerprint density at radius 1 is 0.941 bits per heavy atom. The van der Waals surface area contributed by atoms with Crippen molar-refractivity contribution in [1.29, 1.82) is 0 Å². The SMILES string of the molecule is O=C(O)c1ccccc1Nc1ccccc1O. The number of nitrogens with one attached hydrogen (secondary N) is 1. The lowest BCUT2D eigenvalue weighted by atomic mass is 10.1. The molecule has 0 fully saturated rings. The van der Waals surface area contributed by atoms with Crippen LogP contribution in [0.1, 0.15) is 10.4 Å². The Hall–Kier alpha value is -2.49. The number of aromatic hydroxyl groups is 1. The Labute approximate surface area is 98.2 Å². The smallest absolute Gasteiger partial charge is 0.337 e. The maximum absolute atomic E-state index is 11.0. The Kier molecular flexibility index (Phi) is 2.96. The van der Waals surface area contributed by atoms with Crippen molar-refractivity contribution in [3.05, 3.63) is 54.1 Å². The second-order valence-corrected chi connectivity index (χ2v) is 3.49. The van der Waals surface area contributed by atoms with E-state index in [0.717, 1.165) is 0 Å². The largest absolute Gasteiger partial charge is 0.506 e. The van der Waals surface area contributed by atoms with Crippen LogP contribution >= 0.6 is 0 Å². The van der Waals surface area contributed by atoms with Gasteiger partial charge in [0.1, 0.15) is 5.75 Å². The number of carboxylic acids is 1. The summed E-state index contributed by atoms with van der Waals surface area (Å²) < 4.78 is 0. The molecule has 17 heavy (non-hydrogen) atoms. The third kappa shape index (κ3) is 2.36. The molecular formula is C13H11NO3. The molecule has 0 aromatic heterocycles. The fourth-order valence-electron chi connectivity index (χ4n) is 1.50. The summed E-state index contributed by atoms with van der Waals surface area (Å²) in [7, 11) is 0. The second kappa shape index (κ2) is 4.57. The summed E-state index contributed by atoms with van der Waals surface area (Å²) in [5.74, 6) is -0.934. The highest BCUT2D eigenvalue weighted by molar-refractivity contribution is 5.95. The van der Waals surface area contributed by atoms with Gasteiger partial charge in [-0.15, -0.1) is 0 Å². The van der Waals surface area contributed by atoms with E-state index >= 15 is 0 Å². The van der Waals surface area contributed by atoms with Gasteiger partial charge in [0.05, 0.1) is 16.9 Å². The first-order valence-corrected chi connectivity index (χ1v) is 5.06. The highest BCUT2D eigenvalue weighted by atomic mass is 16.4. The number of aromatic carboxylic acids is 1. The number of para-hydroxylation sites is 3. The zero-order chi connectivity index (χ0) is 12.3. The van der Waals surface area contributed by atoms with Crippen molar-refractivity contribution in [2.45, 2.75) is 0 Å². The number of hydrogen-bond acceptors (Lipinski definition) is 3. The van der Waals surface area contributed by atoms with Crippen LogP contribution in [0.2, 0.25) is 0 Å². The van der Waals surface area contributed by atoms with Gasteiger partial charge in [-0.25, -0.2) is 4.79 Å². The number of hydrogen-bond donors (Lipinski definition) is 3. The van der Waals surface area contributed by atoms with Crippen LogP contribution in [0.15, 0.2) is 48.5 Å². The van der Waals surface area contributed by atoms with E-state index in [0.29, 0.717) is 11.4 Å². The van der Waals surface area contributed by atoms with Crippen molar-refractivity contribution in [1.82, 2.24) is 0 Å². The quantitative estimate of drug-likeness (QED) is 0.708. The summed E-state index contributed by atoms with van der Waals surface area (Å²) in [6.45, 7) is 0. The summed E-state index contributed by atoms with van der Waals surface area (Å²) in [6, 6.07) is 13.2. The van der Waals surface area contributed by atoms with Crippen molar-refractivity contribution in [2.24, 2.45) is 0 Å². The topological polar surface area (TPSA) is 69.6 Å². The van der Waals surface area contributed by atoms with Crippen molar-refractivity contribution in [2.75, 3.05) is 5.32 Å². The van der Waals surface area contributed by atoms with E-state index in [2.05, 4.69) is 5.32 Å². The summed E-state index contributed by atoms with van der Waals surface area (Å²) >= 11 is 0. The predicted molar refractivity (Wildman–Crippen MR) is 64.8 cm³/mol. The molecule has 0 saturated carbocycles. The number of anilines is 2. The summed E-state index contributed by atoms with van der Waals surface area (Å²) in [5.41, 5.74) is 1.08. The summed E-state index contributed by atoms with van der Waals surface area (Å²) in [6.07, 6.45) is 0.